The van der Waals surface area contributed by atoms with Crippen LogP contribution >= 0.6 is 15.9 Å². The molecule has 0 aliphatic heterocycles. The van der Waals surface area contributed by atoms with Crippen LogP contribution in [0, 0.1) is 10.1 Å². The van der Waals surface area contributed by atoms with Gasteiger partial charge in [-0.15, -0.1) is 0 Å². The van der Waals surface area contributed by atoms with E-state index in [0.717, 1.165) is 12.3 Å². The van der Waals surface area contributed by atoms with Gasteiger partial charge in [0.2, 0.25) is 0 Å². The zero-order valence-electron chi connectivity index (χ0n) is 8.65. The first kappa shape index (κ1) is 5.47. The summed E-state index contributed by atoms with van der Waals surface area (Å²) in [6.07, 6.45) is 0.988. The molecule has 0 unspecified atom stereocenters. The van der Waals surface area contributed by atoms with Crippen LogP contribution in [0.4, 0.5) is 5.69 Å². The molecule has 0 N–H and O–H groups in total. The SMILES string of the molecule is [2H]C([2H])([2H])n1cc(Br)cc([N+](=O)[O-])c1=O. The van der Waals surface area contributed by atoms with Crippen molar-refractivity contribution in [2.45, 2.75) is 0 Å². The minimum absolute atomic E-state index is 0.157. The van der Waals surface area contributed by atoms with Crippen LogP contribution < -0.4 is 5.56 Å². The quantitative estimate of drug-likeness (QED) is 0.540. The van der Waals surface area contributed by atoms with Gasteiger partial charge in [0.25, 0.3) is 0 Å². The third-order valence-electron chi connectivity index (χ3n) is 1.16. The monoisotopic (exact) mass is 235 g/mol. The van der Waals surface area contributed by atoms with Crippen LogP contribution in [-0.4, -0.2) is 9.49 Å². The highest BCUT2D eigenvalue weighted by Crippen LogP contribution is 2.12. The van der Waals surface area contributed by atoms with Crippen LogP contribution in [0.25, 0.3) is 0 Å². The number of pyridine rings is 1. The summed E-state index contributed by atoms with van der Waals surface area (Å²) in [7, 11) is 0. The molecule has 1 rings (SSSR count). The zero-order chi connectivity index (χ0) is 11.8. The molecule has 0 radical (unpaired) electrons. The summed E-state index contributed by atoms with van der Waals surface area (Å²) in [5.74, 6) is 0. The fraction of sp³-hybridized carbons (Fsp3) is 0.167. The fourth-order valence-electron chi connectivity index (χ4n) is 0.666. The third kappa shape index (κ3) is 1.53. The van der Waals surface area contributed by atoms with Crippen molar-refractivity contribution in [3.63, 3.8) is 0 Å². The Hall–Kier alpha value is -1.17. The summed E-state index contributed by atoms with van der Waals surface area (Å²) in [5, 5.41) is 10.4. The molecule has 64 valence electrons. The predicted molar refractivity (Wildman–Crippen MR) is 46.0 cm³/mol. The number of nitro groups is 1. The van der Waals surface area contributed by atoms with Gasteiger partial charge in [-0.25, -0.2) is 0 Å². The lowest BCUT2D eigenvalue weighted by Gasteiger charge is -1.97. The second-order valence-corrected chi connectivity index (χ2v) is 2.89. The molecular weight excluding hydrogens is 228 g/mol. The van der Waals surface area contributed by atoms with Crippen LogP contribution in [0.15, 0.2) is 21.5 Å². The smallest absolute Gasteiger partial charge is 0.312 e. The number of hydrogen-bond donors (Lipinski definition) is 0. The predicted octanol–water partition coefficient (Wildman–Crippen LogP) is 1.06. The van der Waals surface area contributed by atoms with E-state index in [1.165, 1.54) is 0 Å². The minimum atomic E-state index is -2.73. The van der Waals surface area contributed by atoms with Crippen molar-refractivity contribution in [2.75, 3.05) is 0 Å². The molecule has 1 heterocycles. The molecular formula is C6H5BrN2O3. The number of aryl methyl sites for hydroxylation is 1. The average Bonchev–Trinajstić information content (AvgIpc) is 2.06. The number of rotatable bonds is 1. The van der Waals surface area contributed by atoms with Gasteiger partial charge in [0.15, 0.2) is 0 Å². The summed E-state index contributed by atoms with van der Waals surface area (Å²) >= 11 is 2.89. The zero-order valence-corrected chi connectivity index (χ0v) is 7.24. The molecule has 0 saturated carbocycles. The van der Waals surface area contributed by atoms with Crippen LogP contribution in [0.2, 0.25) is 0 Å². The molecule has 0 spiro atoms. The molecule has 5 nitrogen and oxygen atoms in total. The summed E-state index contributed by atoms with van der Waals surface area (Å²) in [4.78, 5) is 20.9. The second-order valence-electron chi connectivity index (χ2n) is 1.98. The van der Waals surface area contributed by atoms with Crippen molar-refractivity contribution in [2.24, 2.45) is 6.98 Å². The van der Waals surface area contributed by atoms with Crippen molar-refractivity contribution in [1.29, 1.82) is 0 Å². The third-order valence-corrected chi connectivity index (χ3v) is 1.60. The van der Waals surface area contributed by atoms with E-state index in [0.29, 0.717) is 4.57 Å². The number of halogens is 1. The van der Waals surface area contributed by atoms with Crippen molar-refractivity contribution in [3.8, 4) is 0 Å². The van der Waals surface area contributed by atoms with Crippen molar-refractivity contribution < 1.29 is 9.04 Å². The Morgan fingerprint density at radius 2 is 2.50 bits per heavy atom. The Kier molecular flexibility index (Phi) is 1.39. The van der Waals surface area contributed by atoms with Gasteiger partial charge in [-0.1, -0.05) is 0 Å². The number of hydrogen-bond acceptors (Lipinski definition) is 3. The number of nitrogens with zero attached hydrogens (tertiary/aromatic N) is 2. The second kappa shape index (κ2) is 3.06. The molecule has 0 amide bonds. The summed E-state index contributed by atoms with van der Waals surface area (Å²) < 4.78 is 21.5. The molecule has 1 aromatic rings. The molecule has 1 aromatic heterocycles. The maximum absolute atomic E-state index is 11.3. The van der Waals surface area contributed by atoms with Crippen molar-refractivity contribution in [3.05, 3.63) is 37.2 Å². The molecule has 0 atom stereocenters. The van der Waals surface area contributed by atoms with E-state index in [-0.39, 0.29) is 4.47 Å². The van der Waals surface area contributed by atoms with E-state index >= 15 is 0 Å². The highest BCUT2D eigenvalue weighted by Gasteiger charge is 2.13. The Morgan fingerprint density at radius 1 is 1.83 bits per heavy atom. The molecule has 0 aliphatic rings. The largest absolute Gasteiger partial charge is 0.335 e. The molecule has 0 fully saturated rings. The maximum Gasteiger partial charge on any atom is 0.335 e. The maximum atomic E-state index is 11.3. The van der Waals surface area contributed by atoms with E-state index < -0.39 is 23.1 Å². The first-order chi connectivity index (χ1) is 6.73. The molecule has 0 saturated heterocycles. The van der Waals surface area contributed by atoms with Gasteiger partial charge in [-0.2, -0.15) is 0 Å². The van der Waals surface area contributed by atoms with Gasteiger partial charge in [0.05, 0.1) is 4.92 Å². The molecule has 6 heteroatoms. The average molecular weight is 236 g/mol. The highest BCUT2D eigenvalue weighted by molar-refractivity contribution is 9.10. The van der Waals surface area contributed by atoms with Crippen LogP contribution in [0.3, 0.4) is 0 Å². The molecule has 0 aliphatic carbocycles. The van der Waals surface area contributed by atoms with Gasteiger partial charge >= 0.3 is 11.2 Å². The van der Waals surface area contributed by atoms with E-state index in [4.69, 9.17) is 4.11 Å². The lowest BCUT2D eigenvalue weighted by Crippen LogP contribution is -2.18. The fourth-order valence-corrected chi connectivity index (χ4v) is 1.09. The van der Waals surface area contributed by atoms with Crippen LogP contribution in [-0.2, 0) is 6.98 Å². The normalized spacial score (nSPS) is 14.6. The van der Waals surface area contributed by atoms with Crippen LogP contribution in [0.5, 0.6) is 0 Å². The molecule has 12 heavy (non-hydrogen) atoms. The van der Waals surface area contributed by atoms with Crippen molar-refractivity contribution >= 4 is 21.6 Å². The number of aromatic nitrogens is 1. The van der Waals surface area contributed by atoms with Gasteiger partial charge in [0, 0.05) is 27.8 Å². The minimum Gasteiger partial charge on any atom is -0.312 e. The van der Waals surface area contributed by atoms with E-state index in [1.54, 1.807) is 0 Å². The first-order valence-electron chi connectivity index (χ1n) is 4.30. The first-order valence-corrected chi connectivity index (χ1v) is 3.60. The van der Waals surface area contributed by atoms with Gasteiger partial charge < -0.3 is 4.57 Å². The van der Waals surface area contributed by atoms with E-state index in [1.807, 2.05) is 0 Å². The van der Waals surface area contributed by atoms with Gasteiger partial charge in [-0.3, -0.25) is 14.9 Å². The van der Waals surface area contributed by atoms with E-state index in [9.17, 15) is 14.9 Å². The molecule has 0 aromatic carbocycles. The van der Waals surface area contributed by atoms with Crippen LogP contribution in [0.1, 0.15) is 4.11 Å². The topological polar surface area (TPSA) is 65.1 Å². The summed E-state index contributed by atoms with van der Waals surface area (Å²) in [6.45, 7) is -2.73. The molecule has 0 bridgehead atoms. The van der Waals surface area contributed by atoms with Gasteiger partial charge in [0.1, 0.15) is 0 Å². The van der Waals surface area contributed by atoms with Crippen molar-refractivity contribution in [1.82, 2.24) is 4.57 Å². The highest BCUT2D eigenvalue weighted by atomic mass is 79.9. The lowest BCUT2D eigenvalue weighted by atomic mass is 10.4. The Bertz CT molecular complexity index is 468. The Labute approximate surface area is 80.1 Å². The van der Waals surface area contributed by atoms with Gasteiger partial charge in [-0.05, 0) is 15.9 Å². The Morgan fingerprint density at radius 3 is 3.00 bits per heavy atom. The lowest BCUT2D eigenvalue weighted by molar-refractivity contribution is -0.386. The standard InChI is InChI=1S/C6H5BrN2O3/c1-8-3-4(7)2-5(6(8)10)9(11)12/h2-3H,1H3/i1D3. The summed E-state index contributed by atoms with van der Waals surface area (Å²) in [6, 6.07) is 0.963. The summed E-state index contributed by atoms with van der Waals surface area (Å²) in [5.41, 5.74) is -1.93. The van der Waals surface area contributed by atoms with E-state index in [2.05, 4.69) is 15.9 Å². The Balaban J connectivity index is 3.57.